The summed E-state index contributed by atoms with van der Waals surface area (Å²) in [6.45, 7) is 7.12. The van der Waals surface area contributed by atoms with E-state index in [9.17, 15) is 4.79 Å². The molecule has 4 aliphatic carbocycles. The molecule has 0 saturated heterocycles. The molecule has 0 radical (unpaired) electrons. The minimum Gasteiger partial charge on any atom is -0.211 e. The van der Waals surface area contributed by atoms with Crippen LogP contribution in [0.15, 0.2) is 28.3 Å². The van der Waals surface area contributed by atoms with Gasteiger partial charge in [0, 0.05) is 5.41 Å². The second-order valence-corrected chi connectivity index (χ2v) is 9.22. The van der Waals surface area contributed by atoms with Crippen LogP contribution < -0.4 is 0 Å². The van der Waals surface area contributed by atoms with Crippen LogP contribution in [0.2, 0.25) is 0 Å². The number of hydrogen-bond acceptors (Lipinski definition) is 2. The van der Waals surface area contributed by atoms with Crippen molar-refractivity contribution in [1.82, 2.24) is 0 Å². The highest BCUT2D eigenvalue weighted by Gasteiger charge is 2.56. The van der Waals surface area contributed by atoms with Gasteiger partial charge >= 0.3 is 0 Å². The minimum absolute atomic E-state index is 0.122. The summed E-state index contributed by atoms with van der Waals surface area (Å²) < 4.78 is 0. The third kappa shape index (κ3) is 2.15. The quantitative estimate of drug-likeness (QED) is 0.369. The van der Waals surface area contributed by atoms with Crippen LogP contribution in [0.5, 0.6) is 0 Å². The van der Waals surface area contributed by atoms with Crippen LogP contribution in [0.3, 0.4) is 0 Å². The van der Waals surface area contributed by atoms with Gasteiger partial charge in [0.25, 0.3) is 0 Å². The lowest BCUT2D eigenvalue weighted by Crippen LogP contribution is -2.45. The fourth-order valence-corrected chi connectivity index (χ4v) is 7.05. The van der Waals surface area contributed by atoms with Crippen LogP contribution in [0, 0.1) is 28.6 Å². The van der Waals surface area contributed by atoms with Crippen molar-refractivity contribution >= 4 is 6.08 Å². The van der Waals surface area contributed by atoms with Crippen molar-refractivity contribution in [3.63, 3.8) is 0 Å². The molecule has 0 heterocycles. The molecular weight excluding hydrogens is 294 g/mol. The Balaban J connectivity index is 1.70. The molecule has 0 spiro atoms. The van der Waals surface area contributed by atoms with E-state index in [4.69, 9.17) is 0 Å². The highest BCUT2D eigenvalue weighted by Crippen LogP contribution is 2.65. The second kappa shape index (κ2) is 5.70. The maximum Gasteiger partial charge on any atom is 0.235 e. The van der Waals surface area contributed by atoms with E-state index < -0.39 is 0 Å². The van der Waals surface area contributed by atoms with Gasteiger partial charge in [-0.05, 0) is 81.5 Å². The van der Waals surface area contributed by atoms with Crippen molar-refractivity contribution in [2.24, 2.45) is 33.6 Å². The predicted molar refractivity (Wildman–Crippen MR) is 97.4 cm³/mol. The van der Waals surface area contributed by atoms with Crippen LogP contribution >= 0.6 is 0 Å². The van der Waals surface area contributed by atoms with Crippen molar-refractivity contribution in [2.45, 2.75) is 78.2 Å². The lowest BCUT2D eigenvalue weighted by Gasteiger charge is -2.54. The van der Waals surface area contributed by atoms with Crippen LogP contribution in [0.4, 0.5) is 0 Å². The Labute approximate surface area is 146 Å². The number of rotatable bonds is 2. The zero-order valence-corrected chi connectivity index (χ0v) is 15.5. The SMILES string of the molecule is CC(N=C=O)[C@H]1CC[C@H]2[C@@H]3CCC4=CCCC[C@]4(C)C3=CC[C@]12C. The molecule has 0 aromatic heterocycles. The van der Waals surface area contributed by atoms with Crippen LogP contribution in [-0.2, 0) is 4.79 Å². The van der Waals surface area contributed by atoms with Crippen LogP contribution in [0.25, 0.3) is 0 Å². The largest absolute Gasteiger partial charge is 0.235 e. The van der Waals surface area contributed by atoms with E-state index in [2.05, 4.69) is 37.9 Å². The molecule has 0 aromatic rings. The Morgan fingerprint density at radius 2 is 2.08 bits per heavy atom. The first-order valence-corrected chi connectivity index (χ1v) is 9.98. The molecular formula is C22H31NO. The van der Waals surface area contributed by atoms with Gasteiger partial charge in [-0.2, -0.15) is 0 Å². The summed E-state index contributed by atoms with van der Waals surface area (Å²) in [5, 5.41) is 0. The Kier molecular flexibility index (Phi) is 3.88. The molecule has 0 aliphatic heterocycles. The van der Waals surface area contributed by atoms with Crippen LogP contribution in [0.1, 0.15) is 72.1 Å². The van der Waals surface area contributed by atoms with E-state index in [1.807, 2.05) is 6.08 Å². The first-order valence-electron chi connectivity index (χ1n) is 9.98. The van der Waals surface area contributed by atoms with Crippen molar-refractivity contribution in [1.29, 1.82) is 0 Å². The van der Waals surface area contributed by atoms with Gasteiger partial charge in [0.05, 0.1) is 6.04 Å². The molecule has 0 aromatic carbocycles. The smallest absolute Gasteiger partial charge is 0.211 e. The monoisotopic (exact) mass is 325 g/mol. The summed E-state index contributed by atoms with van der Waals surface area (Å²) >= 11 is 0. The van der Waals surface area contributed by atoms with Gasteiger partial charge in [0.1, 0.15) is 0 Å². The Morgan fingerprint density at radius 3 is 2.88 bits per heavy atom. The number of allylic oxidation sites excluding steroid dienone is 4. The lowest BCUT2D eigenvalue weighted by molar-refractivity contribution is 0.0764. The van der Waals surface area contributed by atoms with Gasteiger partial charge in [-0.1, -0.05) is 37.1 Å². The van der Waals surface area contributed by atoms with Gasteiger partial charge < -0.3 is 0 Å². The summed E-state index contributed by atoms with van der Waals surface area (Å²) in [4.78, 5) is 14.8. The van der Waals surface area contributed by atoms with Crippen molar-refractivity contribution in [2.75, 3.05) is 0 Å². The van der Waals surface area contributed by atoms with E-state index in [1.54, 1.807) is 11.1 Å². The molecule has 1 unspecified atom stereocenters. The fraction of sp³-hybridized carbons (Fsp3) is 0.773. The Bertz CT molecular complexity index is 640. The molecule has 4 aliphatic rings. The van der Waals surface area contributed by atoms with E-state index >= 15 is 0 Å². The number of hydrogen-bond donors (Lipinski definition) is 0. The van der Waals surface area contributed by atoms with Crippen molar-refractivity contribution < 1.29 is 4.79 Å². The van der Waals surface area contributed by atoms with E-state index in [0.717, 1.165) is 11.8 Å². The Hall–Kier alpha value is -1.14. The highest BCUT2D eigenvalue weighted by atomic mass is 16.1. The minimum atomic E-state index is 0.122. The highest BCUT2D eigenvalue weighted by molar-refractivity contribution is 5.38. The van der Waals surface area contributed by atoms with Crippen molar-refractivity contribution in [3.05, 3.63) is 23.3 Å². The fourth-order valence-electron chi connectivity index (χ4n) is 7.05. The van der Waals surface area contributed by atoms with Crippen LogP contribution in [-0.4, -0.2) is 12.1 Å². The maximum atomic E-state index is 10.8. The Morgan fingerprint density at radius 1 is 1.25 bits per heavy atom. The standard InChI is InChI=1S/C22H31NO/c1-15(23-14-24)18-9-10-19-17-8-7-16-6-4-5-12-21(16,2)20(17)11-13-22(18,19)3/h6,11,15,17-19H,4-5,7-10,12-13H2,1-3H3/t15?,17-,18+,19-,21-,22+/m0/s1. The first-order chi connectivity index (χ1) is 11.5. The molecule has 0 amide bonds. The summed E-state index contributed by atoms with van der Waals surface area (Å²) in [5.74, 6) is 2.09. The predicted octanol–water partition coefficient (Wildman–Crippen LogP) is 5.60. The molecule has 2 heteroatoms. The van der Waals surface area contributed by atoms with Gasteiger partial charge in [-0.15, -0.1) is 0 Å². The first kappa shape index (κ1) is 16.3. The number of fused-ring (bicyclic) bond motifs is 5. The zero-order chi connectivity index (χ0) is 16.9. The molecule has 130 valence electrons. The van der Waals surface area contributed by atoms with Crippen molar-refractivity contribution in [3.8, 4) is 0 Å². The zero-order valence-electron chi connectivity index (χ0n) is 15.5. The molecule has 0 bridgehead atoms. The molecule has 2 nitrogen and oxygen atoms in total. The second-order valence-electron chi connectivity index (χ2n) is 9.22. The normalized spacial score (nSPS) is 45.0. The molecule has 2 saturated carbocycles. The number of isocyanates is 1. The van der Waals surface area contributed by atoms with E-state index in [-0.39, 0.29) is 6.04 Å². The third-order valence-electron chi connectivity index (χ3n) is 8.31. The summed E-state index contributed by atoms with van der Waals surface area (Å²) in [5.41, 5.74) is 4.18. The summed E-state index contributed by atoms with van der Waals surface area (Å²) in [6, 6.07) is 0.122. The summed E-state index contributed by atoms with van der Waals surface area (Å²) in [7, 11) is 0. The average molecular weight is 325 g/mol. The number of nitrogens with zero attached hydrogens (tertiary/aromatic N) is 1. The topological polar surface area (TPSA) is 29.4 Å². The third-order valence-corrected chi connectivity index (χ3v) is 8.31. The van der Waals surface area contributed by atoms with E-state index in [0.29, 0.717) is 16.7 Å². The van der Waals surface area contributed by atoms with Gasteiger partial charge in [-0.25, -0.2) is 9.79 Å². The summed E-state index contributed by atoms with van der Waals surface area (Å²) in [6.07, 6.45) is 17.3. The lowest BCUT2D eigenvalue weighted by atomic mass is 9.51. The van der Waals surface area contributed by atoms with Gasteiger partial charge in [0.15, 0.2) is 0 Å². The van der Waals surface area contributed by atoms with E-state index in [1.165, 1.54) is 51.4 Å². The van der Waals surface area contributed by atoms with Gasteiger partial charge in [-0.3, -0.25) is 0 Å². The average Bonchev–Trinajstić information content (AvgIpc) is 2.92. The van der Waals surface area contributed by atoms with Gasteiger partial charge in [0.2, 0.25) is 6.08 Å². The number of aliphatic imine (C=N–C) groups is 1. The molecule has 6 atom stereocenters. The number of carbonyl (C=O) groups excluding carboxylic acids is 1. The molecule has 2 fully saturated rings. The maximum absolute atomic E-state index is 10.8. The molecule has 0 N–H and O–H groups in total. The molecule has 4 rings (SSSR count). The molecule has 24 heavy (non-hydrogen) atoms.